The number of nitrogens with zero attached hydrogens (tertiary/aromatic N) is 3. The van der Waals surface area contributed by atoms with Crippen LogP contribution in [-0.2, 0) is 19.7 Å². The number of H-pyrrole nitrogens is 1. The molecule has 3 aromatic rings. The van der Waals surface area contributed by atoms with Gasteiger partial charge in [-0.05, 0) is 32.9 Å². The Morgan fingerprint density at radius 3 is 2.37 bits per heavy atom. The fourth-order valence-corrected chi connectivity index (χ4v) is 4.21. The smallest absolute Gasteiger partial charge is 0.250 e. The number of hydrogen-bond acceptors (Lipinski definition) is 8. The van der Waals surface area contributed by atoms with Crippen molar-refractivity contribution < 1.29 is 16.8 Å². The summed E-state index contributed by atoms with van der Waals surface area (Å²) < 4.78 is 49.2. The monoisotopic (exact) mass is 409 g/mol. The zero-order valence-electron chi connectivity index (χ0n) is 15.2. The third kappa shape index (κ3) is 3.52. The van der Waals surface area contributed by atoms with Crippen LogP contribution in [0, 0.1) is 6.92 Å². The van der Waals surface area contributed by atoms with Crippen LogP contribution in [0.5, 0.6) is 0 Å². The Morgan fingerprint density at radius 1 is 1.07 bits per heavy atom. The highest BCUT2D eigenvalue weighted by Gasteiger charge is 2.24. The summed E-state index contributed by atoms with van der Waals surface area (Å²) in [5.74, 6) is 0.165. The lowest BCUT2D eigenvalue weighted by Crippen LogP contribution is -2.16. The second-order valence-corrected chi connectivity index (χ2v) is 10.8. The highest BCUT2D eigenvalue weighted by atomic mass is 32.2. The number of aryl methyl sites for hydroxylation is 1. The average molecular weight is 409 g/mol. The fourth-order valence-electron chi connectivity index (χ4n) is 2.50. The molecule has 2 heterocycles. The van der Waals surface area contributed by atoms with E-state index in [-0.39, 0.29) is 16.4 Å². The van der Waals surface area contributed by atoms with Gasteiger partial charge in [0, 0.05) is 11.9 Å². The van der Waals surface area contributed by atoms with Gasteiger partial charge in [-0.3, -0.25) is 5.10 Å². The standard InChI is InChI=1S/C16H19N5O4S2/c1-9(2)27(24,25)12-8-6-5-7-11(12)17-14-13-10(3)20-21-15(13)19-16(18-14)26(4,22)23/h5-9H,1-4H3,(H2,17,18,19,20,21). The van der Waals surface area contributed by atoms with E-state index in [1.807, 2.05) is 0 Å². The van der Waals surface area contributed by atoms with Crippen LogP contribution < -0.4 is 5.32 Å². The molecule has 11 heteroatoms. The third-order valence-corrected chi connectivity index (χ3v) is 7.03. The topological polar surface area (TPSA) is 135 Å². The molecule has 0 spiro atoms. The number of fused-ring (bicyclic) bond motifs is 1. The zero-order chi connectivity index (χ0) is 20.0. The molecule has 1 aromatic carbocycles. The lowest BCUT2D eigenvalue weighted by molar-refractivity contribution is 0.587. The van der Waals surface area contributed by atoms with Crippen molar-refractivity contribution in [3.8, 4) is 0 Å². The SMILES string of the molecule is Cc1[nH]nc2nc(S(C)(=O)=O)nc(Nc3ccccc3S(=O)(=O)C(C)C)c12. The molecule has 144 valence electrons. The van der Waals surface area contributed by atoms with Gasteiger partial charge in [0.25, 0.3) is 5.16 Å². The second kappa shape index (κ2) is 6.57. The number of sulfone groups is 2. The van der Waals surface area contributed by atoms with E-state index in [9.17, 15) is 16.8 Å². The van der Waals surface area contributed by atoms with Gasteiger partial charge in [0.05, 0.1) is 21.2 Å². The first-order valence-corrected chi connectivity index (χ1v) is 11.5. The minimum atomic E-state index is -3.69. The lowest BCUT2D eigenvalue weighted by atomic mass is 10.2. The Morgan fingerprint density at radius 2 is 1.74 bits per heavy atom. The lowest BCUT2D eigenvalue weighted by Gasteiger charge is -2.15. The molecule has 0 saturated carbocycles. The number of aromatic amines is 1. The Labute approximate surface area is 157 Å². The summed E-state index contributed by atoms with van der Waals surface area (Å²) in [6, 6.07) is 6.40. The van der Waals surface area contributed by atoms with Crippen molar-refractivity contribution in [2.45, 2.75) is 36.1 Å². The van der Waals surface area contributed by atoms with E-state index in [1.54, 1.807) is 39.0 Å². The van der Waals surface area contributed by atoms with Crippen LogP contribution in [0.3, 0.4) is 0 Å². The van der Waals surface area contributed by atoms with E-state index >= 15 is 0 Å². The first-order valence-electron chi connectivity index (χ1n) is 8.04. The molecule has 0 atom stereocenters. The van der Waals surface area contributed by atoms with Crippen molar-refractivity contribution in [2.75, 3.05) is 11.6 Å². The molecule has 3 rings (SSSR count). The average Bonchev–Trinajstić information content (AvgIpc) is 2.96. The molecule has 2 N–H and O–H groups in total. The quantitative estimate of drug-likeness (QED) is 0.611. The summed E-state index contributed by atoms with van der Waals surface area (Å²) in [5, 5.41) is 9.17. The fraction of sp³-hybridized carbons (Fsp3) is 0.312. The molecule has 0 unspecified atom stereocenters. The van der Waals surface area contributed by atoms with Gasteiger partial charge < -0.3 is 5.32 Å². The van der Waals surface area contributed by atoms with Gasteiger partial charge in [-0.1, -0.05) is 12.1 Å². The molecule has 0 fully saturated rings. The minimum absolute atomic E-state index is 0.105. The normalized spacial score (nSPS) is 12.6. The van der Waals surface area contributed by atoms with Crippen molar-refractivity contribution >= 4 is 42.2 Å². The summed E-state index contributed by atoms with van der Waals surface area (Å²) in [7, 11) is -7.25. The van der Waals surface area contributed by atoms with Gasteiger partial charge in [0.1, 0.15) is 5.82 Å². The molecule has 0 aliphatic heterocycles. The predicted octanol–water partition coefficient (Wildman–Crippen LogP) is 1.99. The Kier molecular flexibility index (Phi) is 4.68. The van der Waals surface area contributed by atoms with Crippen LogP contribution in [0.2, 0.25) is 0 Å². The first kappa shape index (κ1) is 19.2. The van der Waals surface area contributed by atoms with Crippen LogP contribution in [-0.4, -0.2) is 48.5 Å². The molecule has 9 nitrogen and oxygen atoms in total. The van der Waals surface area contributed by atoms with E-state index in [0.717, 1.165) is 6.26 Å². The van der Waals surface area contributed by atoms with Gasteiger partial charge in [-0.15, -0.1) is 0 Å². The number of benzene rings is 1. The molecule has 0 saturated heterocycles. The molecular weight excluding hydrogens is 390 g/mol. The number of hydrogen-bond donors (Lipinski definition) is 2. The second-order valence-electron chi connectivity index (χ2n) is 6.39. The molecule has 27 heavy (non-hydrogen) atoms. The predicted molar refractivity (Wildman–Crippen MR) is 102 cm³/mol. The summed E-state index contributed by atoms with van der Waals surface area (Å²) >= 11 is 0. The Balaban J connectivity index is 2.23. The van der Waals surface area contributed by atoms with Crippen LogP contribution in [0.25, 0.3) is 11.0 Å². The van der Waals surface area contributed by atoms with Gasteiger partial charge in [0.2, 0.25) is 9.84 Å². The van der Waals surface area contributed by atoms with E-state index in [2.05, 4.69) is 25.5 Å². The van der Waals surface area contributed by atoms with Gasteiger partial charge in [-0.25, -0.2) is 16.8 Å². The highest BCUT2D eigenvalue weighted by molar-refractivity contribution is 7.92. The summed E-state index contributed by atoms with van der Waals surface area (Å²) in [4.78, 5) is 8.18. The maximum absolute atomic E-state index is 12.7. The molecule has 0 amide bonds. The Hall–Kier alpha value is -2.53. The maximum Gasteiger partial charge on any atom is 0.250 e. The van der Waals surface area contributed by atoms with Crippen molar-refractivity contribution in [2.24, 2.45) is 0 Å². The number of aromatic nitrogens is 4. The maximum atomic E-state index is 12.7. The van der Waals surface area contributed by atoms with Crippen LogP contribution in [0.1, 0.15) is 19.5 Å². The first-order chi connectivity index (χ1) is 12.5. The zero-order valence-corrected chi connectivity index (χ0v) is 16.8. The van der Waals surface area contributed by atoms with Crippen molar-refractivity contribution in [1.29, 1.82) is 0 Å². The largest absolute Gasteiger partial charge is 0.338 e. The molecular formula is C16H19N5O4S2. The molecule has 0 radical (unpaired) electrons. The molecule has 2 aromatic heterocycles. The minimum Gasteiger partial charge on any atom is -0.338 e. The van der Waals surface area contributed by atoms with Crippen molar-refractivity contribution in [3.63, 3.8) is 0 Å². The summed E-state index contributed by atoms with van der Waals surface area (Å²) in [5.41, 5.74) is 1.10. The summed E-state index contributed by atoms with van der Waals surface area (Å²) in [6.07, 6.45) is 0.995. The third-order valence-electron chi connectivity index (χ3n) is 3.97. The number of para-hydroxylation sites is 1. The number of rotatable bonds is 5. The van der Waals surface area contributed by atoms with E-state index in [0.29, 0.717) is 16.8 Å². The Bertz CT molecular complexity index is 1230. The molecule has 0 aliphatic carbocycles. The number of nitrogens with one attached hydrogen (secondary N) is 2. The van der Waals surface area contributed by atoms with E-state index < -0.39 is 30.1 Å². The molecule has 0 aliphatic rings. The van der Waals surface area contributed by atoms with Gasteiger partial charge in [0.15, 0.2) is 15.5 Å². The molecule has 0 bridgehead atoms. The van der Waals surface area contributed by atoms with E-state index in [4.69, 9.17) is 0 Å². The van der Waals surface area contributed by atoms with Crippen LogP contribution in [0.4, 0.5) is 11.5 Å². The van der Waals surface area contributed by atoms with Crippen molar-refractivity contribution in [3.05, 3.63) is 30.0 Å². The van der Waals surface area contributed by atoms with Crippen LogP contribution in [0.15, 0.2) is 34.3 Å². The van der Waals surface area contributed by atoms with Gasteiger partial charge >= 0.3 is 0 Å². The van der Waals surface area contributed by atoms with Crippen LogP contribution >= 0.6 is 0 Å². The van der Waals surface area contributed by atoms with E-state index in [1.165, 1.54) is 6.07 Å². The van der Waals surface area contributed by atoms with Gasteiger partial charge in [-0.2, -0.15) is 15.1 Å². The summed E-state index contributed by atoms with van der Waals surface area (Å²) in [6.45, 7) is 4.93. The highest BCUT2D eigenvalue weighted by Crippen LogP contribution is 2.31. The van der Waals surface area contributed by atoms with Crippen molar-refractivity contribution in [1.82, 2.24) is 20.2 Å². The number of anilines is 2.